The number of nitrogens with one attached hydrogen (secondary N) is 1. The Balaban J connectivity index is 2.74. The van der Waals surface area contributed by atoms with Gasteiger partial charge in [0.05, 0.1) is 12.0 Å². The van der Waals surface area contributed by atoms with E-state index in [-0.39, 0.29) is 18.0 Å². The van der Waals surface area contributed by atoms with Crippen LogP contribution in [0.25, 0.3) is 0 Å². The zero-order valence-electron chi connectivity index (χ0n) is 13.1. The predicted molar refractivity (Wildman–Crippen MR) is 80.8 cm³/mol. The van der Waals surface area contributed by atoms with Crippen molar-refractivity contribution in [2.75, 3.05) is 13.7 Å². The molecule has 22 heavy (non-hydrogen) atoms. The van der Waals surface area contributed by atoms with Gasteiger partial charge in [-0.3, -0.25) is 10.1 Å². The van der Waals surface area contributed by atoms with Crippen molar-refractivity contribution >= 4 is 11.8 Å². The largest absolute Gasteiger partial charge is 0.490 e. The highest BCUT2D eigenvalue weighted by Crippen LogP contribution is 2.29. The summed E-state index contributed by atoms with van der Waals surface area (Å²) in [6.45, 7) is 5.34. The third kappa shape index (κ3) is 5.21. The van der Waals surface area contributed by atoms with Crippen LogP contribution in [0.2, 0.25) is 0 Å². The van der Waals surface area contributed by atoms with E-state index in [2.05, 4.69) is 5.32 Å². The van der Waals surface area contributed by atoms with E-state index in [1.165, 1.54) is 19.2 Å². The smallest absolute Gasteiger partial charge is 0.407 e. The lowest BCUT2D eigenvalue weighted by atomic mass is 10.1. The summed E-state index contributed by atoms with van der Waals surface area (Å²) in [6, 6.07) is 3.83. The molecule has 0 aliphatic heterocycles. The quantitative estimate of drug-likeness (QED) is 0.635. The first-order valence-corrected chi connectivity index (χ1v) is 6.69. The molecule has 0 heterocycles. The Morgan fingerprint density at radius 3 is 2.59 bits per heavy atom. The minimum Gasteiger partial charge on any atom is -0.490 e. The summed E-state index contributed by atoms with van der Waals surface area (Å²) in [5, 5.41) is 13.5. The lowest BCUT2D eigenvalue weighted by Gasteiger charge is -2.21. The molecule has 0 aliphatic rings. The Bertz CT molecular complexity index is 554. The molecule has 0 radical (unpaired) electrons. The summed E-state index contributed by atoms with van der Waals surface area (Å²) in [7, 11) is 1.35. The highest BCUT2D eigenvalue weighted by molar-refractivity contribution is 5.67. The number of benzene rings is 1. The molecule has 0 aliphatic carbocycles. The Labute approximate surface area is 128 Å². The molecule has 1 aromatic carbocycles. The average molecular weight is 311 g/mol. The van der Waals surface area contributed by atoms with Gasteiger partial charge in [-0.05, 0) is 32.4 Å². The maximum atomic E-state index is 11.6. The van der Waals surface area contributed by atoms with E-state index in [0.717, 1.165) is 0 Å². The molecule has 1 amide bonds. The molecule has 1 atom stereocenters. The standard InChI is InChI=1S/C14H21N3O5/c1-14(2,3)22-13(18)16-8-10(15)9-5-6-12(21-4)11(7-9)17(19)20/h5-7,10H,8,15H2,1-4H3,(H,16,18). The van der Waals surface area contributed by atoms with Crippen molar-refractivity contribution in [2.24, 2.45) is 5.73 Å². The van der Waals surface area contributed by atoms with Crippen molar-refractivity contribution in [1.29, 1.82) is 0 Å². The number of nitrogens with two attached hydrogens (primary N) is 1. The second-order valence-electron chi connectivity index (χ2n) is 5.68. The van der Waals surface area contributed by atoms with Crippen molar-refractivity contribution in [1.82, 2.24) is 5.32 Å². The van der Waals surface area contributed by atoms with Gasteiger partial charge in [0.1, 0.15) is 5.60 Å². The molecule has 0 spiro atoms. The van der Waals surface area contributed by atoms with Gasteiger partial charge in [-0.25, -0.2) is 4.79 Å². The molecule has 0 saturated carbocycles. The normalized spacial score (nSPS) is 12.4. The number of ether oxygens (including phenoxy) is 2. The Morgan fingerprint density at radius 1 is 1.45 bits per heavy atom. The molecule has 1 unspecified atom stereocenters. The van der Waals surface area contributed by atoms with Crippen molar-refractivity contribution in [3.63, 3.8) is 0 Å². The first-order chi connectivity index (χ1) is 10.1. The van der Waals surface area contributed by atoms with Crippen molar-refractivity contribution in [3.8, 4) is 5.75 Å². The summed E-state index contributed by atoms with van der Waals surface area (Å²) >= 11 is 0. The van der Waals surface area contributed by atoms with Gasteiger partial charge in [0.15, 0.2) is 5.75 Å². The highest BCUT2D eigenvalue weighted by Gasteiger charge is 2.20. The Hall–Kier alpha value is -2.35. The second-order valence-corrected chi connectivity index (χ2v) is 5.68. The third-order valence-corrected chi connectivity index (χ3v) is 2.69. The lowest BCUT2D eigenvalue weighted by molar-refractivity contribution is -0.385. The summed E-state index contributed by atoms with van der Waals surface area (Å²) in [5.74, 6) is 0.154. The van der Waals surface area contributed by atoms with Crippen LogP contribution in [-0.4, -0.2) is 30.3 Å². The predicted octanol–water partition coefficient (Wildman–Crippen LogP) is 2.13. The topological polar surface area (TPSA) is 117 Å². The zero-order chi connectivity index (χ0) is 16.9. The van der Waals surface area contributed by atoms with Gasteiger partial charge in [-0.1, -0.05) is 6.07 Å². The molecule has 0 fully saturated rings. The molecule has 3 N–H and O–H groups in total. The number of nitro benzene ring substituents is 1. The maximum Gasteiger partial charge on any atom is 0.407 e. The molecule has 8 heteroatoms. The van der Waals surface area contributed by atoms with Crippen LogP contribution in [0.1, 0.15) is 32.4 Å². The zero-order valence-corrected chi connectivity index (χ0v) is 13.1. The molecular weight excluding hydrogens is 290 g/mol. The van der Waals surface area contributed by atoms with E-state index >= 15 is 0 Å². The first kappa shape index (κ1) is 17.7. The van der Waals surface area contributed by atoms with Gasteiger partial charge < -0.3 is 20.5 Å². The summed E-state index contributed by atoms with van der Waals surface area (Å²) in [5.41, 5.74) is 5.67. The fourth-order valence-electron chi connectivity index (χ4n) is 1.71. The van der Waals surface area contributed by atoms with E-state index < -0.39 is 22.7 Å². The Morgan fingerprint density at radius 2 is 2.09 bits per heavy atom. The van der Waals surface area contributed by atoms with Gasteiger partial charge in [0.25, 0.3) is 0 Å². The number of nitro groups is 1. The number of hydrogen-bond donors (Lipinski definition) is 2. The second kappa shape index (κ2) is 7.08. The van der Waals surface area contributed by atoms with Crippen LogP contribution in [0.4, 0.5) is 10.5 Å². The van der Waals surface area contributed by atoms with Crippen LogP contribution >= 0.6 is 0 Å². The molecule has 122 valence electrons. The van der Waals surface area contributed by atoms with E-state index in [1.54, 1.807) is 26.8 Å². The van der Waals surface area contributed by atoms with Crippen LogP contribution in [0, 0.1) is 10.1 Å². The average Bonchev–Trinajstić information content (AvgIpc) is 2.42. The van der Waals surface area contributed by atoms with Crippen LogP contribution in [0.5, 0.6) is 5.75 Å². The molecule has 0 bridgehead atoms. The number of carbonyl (C=O) groups is 1. The molecule has 8 nitrogen and oxygen atoms in total. The minimum absolute atomic E-state index is 0.0956. The van der Waals surface area contributed by atoms with E-state index in [0.29, 0.717) is 5.56 Å². The van der Waals surface area contributed by atoms with Gasteiger partial charge in [0.2, 0.25) is 0 Å². The number of amides is 1. The molecule has 0 aromatic heterocycles. The van der Waals surface area contributed by atoms with Crippen LogP contribution in [0.15, 0.2) is 18.2 Å². The fourth-order valence-corrected chi connectivity index (χ4v) is 1.71. The highest BCUT2D eigenvalue weighted by atomic mass is 16.6. The van der Waals surface area contributed by atoms with Crippen LogP contribution in [-0.2, 0) is 4.74 Å². The molecule has 1 aromatic rings. The number of methoxy groups -OCH3 is 1. The monoisotopic (exact) mass is 311 g/mol. The SMILES string of the molecule is COc1ccc(C(N)CNC(=O)OC(C)(C)C)cc1[N+](=O)[O-]. The maximum absolute atomic E-state index is 11.6. The number of hydrogen-bond acceptors (Lipinski definition) is 6. The van der Waals surface area contributed by atoms with Crippen LogP contribution in [0.3, 0.4) is 0 Å². The van der Waals surface area contributed by atoms with Crippen molar-refractivity contribution in [3.05, 3.63) is 33.9 Å². The van der Waals surface area contributed by atoms with E-state index in [4.69, 9.17) is 15.2 Å². The van der Waals surface area contributed by atoms with Crippen molar-refractivity contribution in [2.45, 2.75) is 32.4 Å². The Kier molecular flexibility index (Phi) is 5.69. The van der Waals surface area contributed by atoms with Crippen molar-refractivity contribution < 1.29 is 19.2 Å². The van der Waals surface area contributed by atoms with Gasteiger partial charge >= 0.3 is 11.8 Å². The summed E-state index contributed by atoms with van der Waals surface area (Å²) < 4.78 is 10.0. The van der Waals surface area contributed by atoms with E-state index in [9.17, 15) is 14.9 Å². The third-order valence-electron chi connectivity index (χ3n) is 2.69. The number of carbonyl (C=O) groups excluding carboxylic acids is 1. The number of rotatable bonds is 5. The first-order valence-electron chi connectivity index (χ1n) is 6.69. The summed E-state index contributed by atoms with van der Waals surface area (Å²) in [4.78, 5) is 22.0. The van der Waals surface area contributed by atoms with Gasteiger partial charge in [0, 0.05) is 18.7 Å². The molecule has 1 rings (SSSR count). The lowest BCUT2D eigenvalue weighted by Crippen LogP contribution is -2.36. The fraction of sp³-hybridized carbons (Fsp3) is 0.500. The van der Waals surface area contributed by atoms with Gasteiger partial charge in [-0.2, -0.15) is 0 Å². The number of alkyl carbamates (subject to hydrolysis) is 1. The molecular formula is C14H21N3O5. The van der Waals surface area contributed by atoms with Crippen LogP contribution < -0.4 is 15.8 Å². The van der Waals surface area contributed by atoms with E-state index in [1.807, 2.05) is 0 Å². The number of nitrogens with zero attached hydrogens (tertiary/aromatic N) is 1. The van der Waals surface area contributed by atoms with Gasteiger partial charge in [-0.15, -0.1) is 0 Å². The minimum atomic E-state index is -0.604. The summed E-state index contributed by atoms with van der Waals surface area (Å²) in [6.07, 6.45) is -0.592. The molecule has 0 saturated heterocycles.